The number of nitrogens with zero attached hydrogens (tertiary/aromatic N) is 1. The Balaban J connectivity index is 2.30. The number of amides is 1. The Hall–Kier alpha value is -0.850. The molecule has 1 aromatic rings. The summed E-state index contributed by atoms with van der Waals surface area (Å²) in [5.41, 5.74) is 5.61. The van der Waals surface area contributed by atoms with Crippen molar-refractivity contribution in [1.29, 1.82) is 0 Å². The zero-order valence-corrected chi connectivity index (χ0v) is 9.52. The summed E-state index contributed by atoms with van der Waals surface area (Å²) in [5, 5.41) is 0. The fourth-order valence-electron chi connectivity index (χ4n) is 1.04. The van der Waals surface area contributed by atoms with Gasteiger partial charge >= 0.3 is 0 Å². The second-order valence-corrected chi connectivity index (χ2v) is 4.26. The maximum absolute atomic E-state index is 11.0. The third kappa shape index (κ3) is 1.97. The Morgan fingerprint density at radius 3 is 2.86 bits per heavy atom. The molecule has 1 amide bonds. The maximum atomic E-state index is 11.0. The zero-order chi connectivity index (χ0) is 10.1. The minimum Gasteiger partial charge on any atom is -0.488 e. The maximum Gasteiger partial charge on any atom is 0.251 e. The summed E-state index contributed by atoms with van der Waals surface area (Å²) in [6.45, 7) is 0. The summed E-state index contributed by atoms with van der Waals surface area (Å²) >= 11 is 2.05. The van der Waals surface area contributed by atoms with Crippen LogP contribution in [-0.4, -0.2) is 17.0 Å². The molecule has 1 aliphatic carbocycles. The molecule has 0 saturated heterocycles. The highest BCUT2D eigenvalue weighted by molar-refractivity contribution is 14.1. The van der Waals surface area contributed by atoms with Gasteiger partial charge in [-0.1, -0.05) is 0 Å². The van der Waals surface area contributed by atoms with Crippen LogP contribution in [-0.2, 0) is 0 Å². The van der Waals surface area contributed by atoms with Gasteiger partial charge in [0.15, 0.2) is 5.75 Å². The monoisotopic (exact) mass is 304 g/mol. The van der Waals surface area contributed by atoms with Crippen LogP contribution in [0.4, 0.5) is 0 Å². The Morgan fingerprint density at radius 1 is 1.57 bits per heavy atom. The third-order valence-corrected chi connectivity index (χ3v) is 3.04. The van der Waals surface area contributed by atoms with Crippen LogP contribution in [0.1, 0.15) is 23.2 Å². The number of nitrogens with two attached hydrogens (primary N) is 1. The lowest BCUT2D eigenvalue weighted by Gasteiger charge is -2.07. The van der Waals surface area contributed by atoms with Crippen molar-refractivity contribution >= 4 is 28.5 Å². The highest BCUT2D eigenvalue weighted by atomic mass is 127. The number of hydrogen-bond acceptors (Lipinski definition) is 3. The van der Waals surface area contributed by atoms with E-state index >= 15 is 0 Å². The number of pyridine rings is 1. The minimum absolute atomic E-state index is 0.299. The van der Waals surface area contributed by atoms with Crippen molar-refractivity contribution in [1.82, 2.24) is 4.98 Å². The van der Waals surface area contributed by atoms with E-state index in [-0.39, 0.29) is 0 Å². The summed E-state index contributed by atoms with van der Waals surface area (Å²) in [6.07, 6.45) is 5.54. The third-order valence-electron chi connectivity index (χ3n) is 1.93. The molecule has 0 spiro atoms. The predicted molar refractivity (Wildman–Crippen MR) is 59.1 cm³/mol. The van der Waals surface area contributed by atoms with Crippen molar-refractivity contribution in [3.63, 3.8) is 0 Å². The Morgan fingerprint density at radius 2 is 2.29 bits per heavy atom. The number of primary amides is 1. The van der Waals surface area contributed by atoms with Crippen LogP contribution in [0.25, 0.3) is 0 Å². The summed E-state index contributed by atoms with van der Waals surface area (Å²) in [5.74, 6) is 0.188. The molecule has 1 heterocycles. The first-order valence-corrected chi connectivity index (χ1v) is 5.36. The predicted octanol–water partition coefficient (Wildman–Crippen LogP) is 1.33. The largest absolute Gasteiger partial charge is 0.488 e. The summed E-state index contributed by atoms with van der Waals surface area (Å²) in [7, 11) is 0. The van der Waals surface area contributed by atoms with E-state index in [1.165, 1.54) is 6.20 Å². The van der Waals surface area contributed by atoms with Crippen LogP contribution in [0.2, 0.25) is 0 Å². The van der Waals surface area contributed by atoms with Crippen molar-refractivity contribution in [2.24, 2.45) is 5.73 Å². The molecule has 0 bridgehead atoms. The van der Waals surface area contributed by atoms with E-state index in [4.69, 9.17) is 10.5 Å². The van der Waals surface area contributed by atoms with Gasteiger partial charge in [-0.2, -0.15) is 0 Å². The van der Waals surface area contributed by atoms with Gasteiger partial charge in [0.05, 0.1) is 21.4 Å². The van der Waals surface area contributed by atoms with E-state index < -0.39 is 5.91 Å². The molecule has 1 fully saturated rings. The van der Waals surface area contributed by atoms with Crippen LogP contribution in [0, 0.1) is 3.57 Å². The average Bonchev–Trinajstić information content (AvgIpc) is 2.92. The average molecular weight is 304 g/mol. The number of carbonyl (C=O) groups excluding carboxylic acids is 1. The second kappa shape index (κ2) is 3.72. The Labute approximate surface area is 95.0 Å². The fraction of sp³-hybridized carbons (Fsp3) is 0.333. The van der Waals surface area contributed by atoms with Crippen LogP contribution in [0.5, 0.6) is 5.75 Å². The smallest absolute Gasteiger partial charge is 0.251 e. The van der Waals surface area contributed by atoms with E-state index in [0.717, 1.165) is 16.4 Å². The molecular weight excluding hydrogens is 295 g/mol. The minimum atomic E-state index is -0.469. The number of halogens is 1. The molecule has 0 atom stereocenters. The number of hydrogen-bond donors (Lipinski definition) is 1. The molecule has 4 nitrogen and oxygen atoms in total. The molecule has 5 heteroatoms. The van der Waals surface area contributed by atoms with Crippen molar-refractivity contribution in [3.05, 3.63) is 21.5 Å². The molecule has 1 aromatic heterocycles. The number of rotatable bonds is 3. The molecule has 0 unspecified atom stereocenters. The van der Waals surface area contributed by atoms with Crippen molar-refractivity contribution in [2.75, 3.05) is 0 Å². The highest BCUT2D eigenvalue weighted by Crippen LogP contribution is 2.30. The lowest BCUT2D eigenvalue weighted by atomic mass is 10.3. The summed E-state index contributed by atoms with van der Waals surface area (Å²) < 4.78 is 6.32. The van der Waals surface area contributed by atoms with Crippen LogP contribution >= 0.6 is 22.6 Å². The van der Waals surface area contributed by atoms with Gasteiger partial charge in [0.25, 0.3) is 5.91 Å². The van der Waals surface area contributed by atoms with Crippen LogP contribution < -0.4 is 10.5 Å². The van der Waals surface area contributed by atoms with Crippen molar-refractivity contribution in [3.8, 4) is 5.75 Å². The van der Waals surface area contributed by atoms with E-state index in [1.54, 1.807) is 6.20 Å². The van der Waals surface area contributed by atoms with Gasteiger partial charge in [0.2, 0.25) is 0 Å². The molecule has 2 N–H and O–H groups in total. The zero-order valence-electron chi connectivity index (χ0n) is 7.37. The highest BCUT2D eigenvalue weighted by Gasteiger charge is 2.25. The summed E-state index contributed by atoms with van der Waals surface area (Å²) in [4.78, 5) is 14.9. The SMILES string of the molecule is NC(=O)c1cncc(OC2CC2)c1I. The van der Waals surface area contributed by atoms with E-state index in [2.05, 4.69) is 27.6 Å². The number of aromatic nitrogens is 1. The van der Waals surface area contributed by atoms with Gasteiger partial charge in [-0.05, 0) is 35.4 Å². The molecule has 0 aromatic carbocycles. The van der Waals surface area contributed by atoms with Gasteiger partial charge in [-0.3, -0.25) is 9.78 Å². The second-order valence-electron chi connectivity index (χ2n) is 3.18. The van der Waals surface area contributed by atoms with E-state index in [1.807, 2.05) is 0 Å². The van der Waals surface area contributed by atoms with E-state index in [0.29, 0.717) is 17.4 Å². The first-order chi connectivity index (χ1) is 6.68. The molecule has 74 valence electrons. The Bertz CT molecular complexity index is 377. The molecular formula is C9H9IN2O2. The van der Waals surface area contributed by atoms with Crippen LogP contribution in [0.15, 0.2) is 12.4 Å². The molecule has 1 aliphatic rings. The van der Waals surface area contributed by atoms with Gasteiger partial charge in [-0.15, -0.1) is 0 Å². The van der Waals surface area contributed by atoms with Crippen LogP contribution in [0.3, 0.4) is 0 Å². The molecule has 1 saturated carbocycles. The van der Waals surface area contributed by atoms with Crippen molar-refractivity contribution < 1.29 is 9.53 Å². The van der Waals surface area contributed by atoms with Gasteiger partial charge < -0.3 is 10.5 Å². The quantitative estimate of drug-likeness (QED) is 0.857. The molecule has 0 radical (unpaired) electrons. The Kier molecular flexibility index (Phi) is 2.58. The van der Waals surface area contributed by atoms with Gasteiger partial charge in [0.1, 0.15) is 0 Å². The topological polar surface area (TPSA) is 65.2 Å². The standard InChI is InChI=1S/C9H9IN2O2/c10-8-6(9(11)13)3-12-4-7(8)14-5-1-2-5/h3-5H,1-2H2,(H2,11,13). The van der Waals surface area contributed by atoms with Gasteiger partial charge in [-0.25, -0.2) is 0 Å². The molecule has 2 rings (SSSR count). The van der Waals surface area contributed by atoms with E-state index in [9.17, 15) is 4.79 Å². The lowest BCUT2D eigenvalue weighted by molar-refractivity contribution is 0.0998. The molecule has 14 heavy (non-hydrogen) atoms. The number of carbonyl (C=O) groups is 1. The summed E-state index contributed by atoms with van der Waals surface area (Å²) in [6, 6.07) is 0. The fourth-order valence-corrected chi connectivity index (χ4v) is 1.72. The first kappa shape index (κ1) is 9.70. The lowest BCUT2D eigenvalue weighted by Crippen LogP contribution is -2.14. The molecule has 0 aliphatic heterocycles. The number of ether oxygens (including phenoxy) is 1. The normalized spacial score (nSPS) is 15.2. The van der Waals surface area contributed by atoms with Gasteiger partial charge in [0, 0.05) is 6.20 Å². The first-order valence-electron chi connectivity index (χ1n) is 4.28. The van der Waals surface area contributed by atoms with Crippen molar-refractivity contribution in [2.45, 2.75) is 18.9 Å².